The van der Waals surface area contributed by atoms with Crippen LogP contribution in [-0.2, 0) is 11.3 Å². The minimum absolute atomic E-state index is 0.0241. The summed E-state index contributed by atoms with van der Waals surface area (Å²) in [4.78, 5) is 29.0. The van der Waals surface area contributed by atoms with Crippen LogP contribution >= 0.6 is 11.6 Å². The molecule has 4 rings (SSSR count). The normalized spacial score (nSPS) is 10.9. The van der Waals surface area contributed by atoms with Crippen LogP contribution in [0.3, 0.4) is 0 Å². The number of nitrogens with zero attached hydrogens (tertiary/aromatic N) is 5. The molecule has 0 saturated heterocycles. The summed E-state index contributed by atoms with van der Waals surface area (Å²) in [6.45, 7) is -0.300. The van der Waals surface area contributed by atoms with Gasteiger partial charge in [0.05, 0.1) is 5.69 Å². The lowest BCUT2D eigenvalue weighted by Crippen LogP contribution is -2.28. The maximum atomic E-state index is 13.2. The molecule has 2 aromatic heterocycles. The second-order valence-electron chi connectivity index (χ2n) is 5.89. The first kappa shape index (κ1) is 17.8. The number of carbonyl (C=O) groups excluding carboxylic acids is 1. The van der Waals surface area contributed by atoms with Gasteiger partial charge in [-0.2, -0.15) is 4.68 Å². The fraction of sp³-hybridized carbons (Fsp3) is 0.0556. The number of aromatic nitrogens is 5. The molecule has 0 radical (unpaired) electrons. The van der Waals surface area contributed by atoms with Gasteiger partial charge in [0, 0.05) is 10.7 Å². The predicted octanol–water partition coefficient (Wildman–Crippen LogP) is 2.41. The molecule has 0 atom stereocenters. The highest BCUT2D eigenvalue weighted by Crippen LogP contribution is 2.15. The summed E-state index contributed by atoms with van der Waals surface area (Å²) in [7, 11) is 0. The van der Waals surface area contributed by atoms with E-state index in [1.807, 2.05) is 0 Å². The Hall–Kier alpha value is -3.59. The van der Waals surface area contributed by atoms with Crippen molar-refractivity contribution >= 4 is 34.4 Å². The third kappa shape index (κ3) is 3.47. The molecule has 1 N–H and O–H groups in total. The molecule has 0 aliphatic carbocycles. The van der Waals surface area contributed by atoms with Gasteiger partial charge in [-0.1, -0.05) is 22.9 Å². The van der Waals surface area contributed by atoms with E-state index in [1.165, 1.54) is 29.2 Å². The minimum Gasteiger partial charge on any atom is -0.324 e. The van der Waals surface area contributed by atoms with Crippen LogP contribution < -0.4 is 10.9 Å². The van der Waals surface area contributed by atoms with Crippen LogP contribution in [0, 0.1) is 5.82 Å². The van der Waals surface area contributed by atoms with Crippen molar-refractivity contribution in [2.75, 3.05) is 5.32 Å². The number of rotatable bonds is 4. The lowest BCUT2D eigenvalue weighted by Gasteiger charge is -2.07. The first-order chi connectivity index (χ1) is 13.5. The van der Waals surface area contributed by atoms with Gasteiger partial charge >= 0.3 is 0 Å². The molecule has 10 heteroatoms. The standard InChI is InChI=1S/C18H12ClFN6O2/c19-11-4-6-14(7-5-11)26-17-16(23-24-26)18(28)25(10-21-17)9-15(27)22-13-3-1-2-12(20)8-13/h1-8,10H,9H2,(H,22,27). The Bertz CT molecular complexity index is 1240. The summed E-state index contributed by atoms with van der Waals surface area (Å²) < 4.78 is 15.7. The zero-order chi connectivity index (χ0) is 19.7. The van der Waals surface area contributed by atoms with Crippen LogP contribution in [0.5, 0.6) is 0 Å². The number of anilines is 1. The van der Waals surface area contributed by atoms with E-state index in [1.54, 1.807) is 30.3 Å². The molecule has 0 aliphatic heterocycles. The summed E-state index contributed by atoms with van der Waals surface area (Å²) in [5.41, 5.74) is 0.700. The van der Waals surface area contributed by atoms with Gasteiger partial charge in [0.25, 0.3) is 5.56 Å². The van der Waals surface area contributed by atoms with E-state index in [-0.39, 0.29) is 17.7 Å². The average Bonchev–Trinajstić information content (AvgIpc) is 3.09. The first-order valence-corrected chi connectivity index (χ1v) is 8.51. The third-order valence-electron chi connectivity index (χ3n) is 3.92. The van der Waals surface area contributed by atoms with Crippen molar-refractivity contribution in [1.29, 1.82) is 0 Å². The molecule has 2 heterocycles. The van der Waals surface area contributed by atoms with Crippen molar-refractivity contribution in [3.05, 3.63) is 76.1 Å². The number of hydrogen-bond donors (Lipinski definition) is 1. The number of carbonyl (C=O) groups is 1. The van der Waals surface area contributed by atoms with Gasteiger partial charge in [-0.05, 0) is 42.5 Å². The van der Waals surface area contributed by atoms with Crippen molar-refractivity contribution in [3.63, 3.8) is 0 Å². The number of nitrogens with one attached hydrogen (secondary N) is 1. The molecule has 0 fully saturated rings. The third-order valence-corrected chi connectivity index (χ3v) is 4.17. The minimum atomic E-state index is -0.514. The van der Waals surface area contributed by atoms with Crippen LogP contribution in [0.1, 0.15) is 0 Å². The van der Waals surface area contributed by atoms with Gasteiger partial charge < -0.3 is 5.32 Å². The number of benzene rings is 2. The van der Waals surface area contributed by atoms with E-state index in [0.717, 1.165) is 4.57 Å². The molecule has 8 nitrogen and oxygen atoms in total. The number of halogens is 2. The number of hydrogen-bond acceptors (Lipinski definition) is 5. The molecule has 0 spiro atoms. The van der Waals surface area contributed by atoms with E-state index in [0.29, 0.717) is 16.4 Å². The molecule has 140 valence electrons. The molecule has 0 aliphatic rings. The van der Waals surface area contributed by atoms with Gasteiger partial charge in [-0.3, -0.25) is 14.2 Å². The molecule has 2 aromatic carbocycles. The molecule has 1 amide bonds. The van der Waals surface area contributed by atoms with Crippen molar-refractivity contribution in [3.8, 4) is 5.69 Å². The first-order valence-electron chi connectivity index (χ1n) is 8.13. The van der Waals surface area contributed by atoms with Gasteiger partial charge in [0.1, 0.15) is 18.7 Å². The van der Waals surface area contributed by atoms with E-state index in [2.05, 4.69) is 20.6 Å². The summed E-state index contributed by atoms with van der Waals surface area (Å²) >= 11 is 5.88. The van der Waals surface area contributed by atoms with Gasteiger partial charge in [-0.15, -0.1) is 5.10 Å². The van der Waals surface area contributed by atoms with Crippen LogP contribution in [0.15, 0.2) is 59.7 Å². The Balaban J connectivity index is 1.61. The summed E-state index contributed by atoms with van der Waals surface area (Å²) in [6.07, 6.45) is 1.24. The Morgan fingerprint density at radius 2 is 1.96 bits per heavy atom. The van der Waals surface area contributed by atoms with Crippen molar-refractivity contribution < 1.29 is 9.18 Å². The largest absolute Gasteiger partial charge is 0.324 e. The Morgan fingerprint density at radius 3 is 2.71 bits per heavy atom. The monoisotopic (exact) mass is 398 g/mol. The van der Waals surface area contributed by atoms with Crippen LogP contribution in [0.25, 0.3) is 16.9 Å². The van der Waals surface area contributed by atoms with Crippen molar-refractivity contribution in [2.45, 2.75) is 6.54 Å². The fourth-order valence-corrected chi connectivity index (χ4v) is 2.76. The smallest absolute Gasteiger partial charge is 0.284 e. The van der Waals surface area contributed by atoms with Gasteiger partial charge in [0.15, 0.2) is 11.2 Å². The van der Waals surface area contributed by atoms with E-state index in [9.17, 15) is 14.0 Å². The molecule has 28 heavy (non-hydrogen) atoms. The Kier molecular flexibility index (Phi) is 4.58. The lowest BCUT2D eigenvalue weighted by molar-refractivity contribution is -0.116. The molecule has 0 saturated carbocycles. The van der Waals surface area contributed by atoms with E-state index < -0.39 is 17.3 Å². The lowest BCUT2D eigenvalue weighted by atomic mass is 10.3. The molecular weight excluding hydrogens is 387 g/mol. The highest BCUT2D eigenvalue weighted by Gasteiger charge is 2.15. The van der Waals surface area contributed by atoms with Gasteiger partial charge in [-0.25, -0.2) is 9.37 Å². The van der Waals surface area contributed by atoms with Crippen LogP contribution in [0.2, 0.25) is 5.02 Å². The predicted molar refractivity (Wildman–Crippen MR) is 101 cm³/mol. The highest BCUT2D eigenvalue weighted by atomic mass is 35.5. The second-order valence-corrected chi connectivity index (χ2v) is 6.32. The zero-order valence-corrected chi connectivity index (χ0v) is 15.0. The zero-order valence-electron chi connectivity index (χ0n) is 14.2. The summed E-state index contributed by atoms with van der Waals surface area (Å²) in [6, 6.07) is 12.3. The van der Waals surface area contributed by atoms with Crippen LogP contribution in [-0.4, -0.2) is 30.5 Å². The van der Waals surface area contributed by atoms with Crippen LogP contribution in [0.4, 0.5) is 10.1 Å². The van der Waals surface area contributed by atoms with E-state index >= 15 is 0 Å². The number of amides is 1. The summed E-state index contributed by atoms with van der Waals surface area (Å²) in [5, 5.41) is 10.9. The van der Waals surface area contributed by atoms with Crippen molar-refractivity contribution in [1.82, 2.24) is 24.5 Å². The number of fused-ring (bicyclic) bond motifs is 1. The highest BCUT2D eigenvalue weighted by molar-refractivity contribution is 6.30. The maximum Gasteiger partial charge on any atom is 0.284 e. The molecule has 0 unspecified atom stereocenters. The quantitative estimate of drug-likeness (QED) is 0.569. The fourth-order valence-electron chi connectivity index (χ4n) is 2.63. The second kappa shape index (κ2) is 7.20. The average molecular weight is 399 g/mol. The van der Waals surface area contributed by atoms with E-state index in [4.69, 9.17) is 11.6 Å². The summed E-state index contributed by atoms with van der Waals surface area (Å²) in [5.74, 6) is -0.976. The molecule has 0 bridgehead atoms. The maximum absolute atomic E-state index is 13.2. The topological polar surface area (TPSA) is 94.7 Å². The van der Waals surface area contributed by atoms with Crippen molar-refractivity contribution in [2.24, 2.45) is 0 Å². The Labute approximate surface area is 162 Å². The van der Waals surface area contributed by atoms with Gasteiger partial charge in [0.2, 0.25) is 5.91 Å². The molecular formula is C18H12ClFN6O2. The Morgan fingerprint density at radius 1 is 1.18 bits per heavy atom. The SMILES string of the molecule is O=C(Cn1cnc2c(nnn2-c2ccc(Cl)cc2)c1=O)Nc1cccc(F)c1. The molecule has 4 aromatic rings.